The van der Waals surface area contributed by atoms with Crippen LogP contribution in [-0.2, 0) is 9.84 Å². The molecule has 0 saturated carbocycles. The highest BCUT2D eigenvalue weighted by Crippen LogP contribution is 2.35. The quantitative estimate of drug-likeness (QED) is 0.851. The first-order valence-corrected chi connectivity index (χ1v) is 10.6. The Morgan fingerprint density at radius 2 is 2.09 bits per heavy atom. The van der Waals surface area contributed by atoms with Gasteiger partial charge in [0.05, 0.1) is 22.9 Å². The van der Waals surface area contributed by atoms with Crippen LogP contribution in [0.3, 0.4) is 0 Å². The molecule has 2 heterocycles. The van der Waals surface area contributed by atoms with Gasteiger partial charge in [-0.1, -0.05) is 35.2 Å². The summed E-state index contributed by atoms with van der Waals surface area (Å²) in [6.45, 7) is 4.08. The highest BCUT2D eigenvalue weighted by atomic mass is 32.2. The molecular weight excluding hydrogens is 354 g/mol. The van der Waals surface area contributed by atoms with Crippen LogP contribution in [-0.4, -0.2) is 46.6 Å². The van der Waals surface area contributed by atoms with Gasteiger partial charge in [0.15, 0.2) is 14.2 Å². The zero-order valence-corrected chi connectivity index (χ0v) is 15.1. The Balaban J connectivity index is 1.70. The second-order valence-corrected chi connectivity index (χ2v) is 10.2. The van der Waals surface area contributed by atoms with Crippen LogP contribution in [0, 0.1) is 13.8 Å². The fraction of sp³-hybridized carbons (Fsp3) is 0.429. The minimum atomic E-state index is -3.15. The molecule has 6 nitrogen and oxygen atoms in total. The fourth-order valence-electron chi connectivity index (χ4n) is 2.35. The number of sulfone groups is 1. The third kappa shape index (κ3) is 3.85. The molecule has 0 radical (unpaired) electrons. The fourth-order valence-corrected chi connectivity index (χ4v) is 6.87. The van der Waals surface area contributed by atoms with Gasteiger partial charge in [-0.3, -0.25) is 0 Å². The topological polar surface area (TPSA) is 92.2 Å². The summed E-state index contributed by atoms with van der Waals surface area (Å²) in [5.74, 6) is -0.185. The van der Waals surface area contributed by atoms with Crippen LogP contribution in [0.2, 0.25) is 0 Å². The number of aryl methyl sites for hydroxylation is 1. The van der Waals surface area contributed by atoms with Crippen LogP contribution in [0.4, 0.5) is 10.8 Å². The number of aromatic nitrogens is 2. The van der Waals surface area contributed by atoms with Crippen molar-refractivity contribution < 1.29 is 13.5 Å². The predicted molar refractivity (Wildman–Crippen MR) is 93.4 cm³/mol. The summed E-state index contributed by atoms with van der Waals surface area (Å²) >= 11 is 2.63. The molecule has 0 unspecified atom stereocenters. The Morgan fingerprint density at radius 1 is 1.30 bits per heavy atom. The van der Waals surface area contributed by atoms with E-state index in [2.05, 4.69) is 15.5 Å². The van der Waals surface area contributed by atoms with E-state index in [0.29, 0.717) is 9.47 Å². The molecule has 2 atom stereocenters. The smallest absolute Gasteiger partial charge is 0.210 e. The Kier molecular flexibility index (Phi) is 4.63. The van der Waals surface area contributed by atoms with E-state index in [1.165, 1.54) is 28.7 Å². The van der Waals surface area contributed by atoms with Gasteiger partial charge in [0.2, 0.25) is 5.13 Å². The third-order valence-electron chi connectivity index (χ3n) is 3.78. The summed E-state index contributed by atoms with van der Waals surface area (Å²) in [5.41, 5.74) is 3.31. The van der Waals surface area contributed by atoms with Crippen molar-refractivity contribution in [1.29, 1.82) is 0 Å². The second-order valence-electron chi connectivity index (χ2n) is 5.55. The monoisotopic (exact) mass is 371 g/mol. The number of rotatable bonds is 4. The summed E-state index contributed by atoms with van der Waals surface area (Å²) < 4.78 is 23.7. The minimum absolute atomic E-state index is 0.0157. The van der Waals surface area contributed by atoms with Crippen molar-refractivity contribution in [2.24, 2.45) is 0 Å². The first kappa shape index (κ1) is 16.7. The van der Waals surface area contributed by atoms with E-state index in [0.717, 1.165) is 11.3 Å². The molecule has 0 bridgehead atoms. The molecule has 1 aromatic carbocycles. The Morgan fingerprint density at radius 3 is 2.78 bits per heavy atom. The molecule has 0 aliphatic carbocycles. The van der Waals surface area contributed by atoms with Crippen molar-refractivity contribution >= 4 is 43.8 Å². The summed E-state index contributed by atoms with van der Waals surface area (Å²) in [6, 6.07) is 5.99. The highest BCUT2D eigenvalue weighted by Gasteiger charge is 2.37. The van der Waals surface area contributed by atoms with Crippen molar-refractivity contribution in [2.45, 2.75) is 29.5 Å². The molecule has 1 aliphatic rings. The number of hydrogen-bond donors (Lipinski definition) is 2. The number of nitrogens with one attached hydrogen (secondary N) is 1. The van der Waals surface area contributed by atoms with Crippen LogP contribution in [0.1, 0.15) is 11.1 Å². The molecule has 1 aliphatic heterocycles. The summed E-state index contributed by atoms with van der Waals surface area (Å²) in [6.07, 6.45) is -0.843. The van der Waals surface area contributed by atoms with E-state index in [9.17, 15) is 13.5 Å². The molecule has 1 saturated heterocycles. The molecule has 2 N–H and O–H groups in total. The zero-order chi connectivity index (χ0) is 16.6. The number of hydrogen-bond acceptors (Lipinski definition) is 8. The van der Waals surface area contributed by atoms with Gasteiger partial charge in [-0.05, 0) is 31.0 Å². The number of aliphatic hydroxyl groups excluding tert-OH is 1. The van der Waals surface area contributed by atoms with Gasteiger partial charge in [-0.2, -0.15) is 0 Å². The van der Waals surface area contributed by atoms with E-state index < -0.39 is 15.9 Å². The normalized spacial score (nSPS) is 23.1. The standard InChI is InChI=1S/C14H17N3O3S3/c1-8-4-3-5-10(9(8)2)15-13-16-17-14(22-13)21-12-7-23(19,20)6-11(12)18/h3-5,11-12,18H,6-7H2,1-2H3,(H,15,16)/t11-,12-/m0/s1. The zero-order valence-electron chi connectivity index (χ0n) is 12.7. The largest absolute Gasteiger partial charge is 0.391 e. The van der Waals surface area contributed by atoms with Crippen molar-refractivity contribution in [3.05, 3.63) is 29.3 Å². The molecule has 9 heteroatoms. The van der Waals surface area contributed by atoms with Gasteiger partial charge >= 0.3 is 0 Å². The van der Waals surface area contributed by atoms with Gasteiger partial charge in [0.1, 0.15) is 0 Å². The van der Waals surface area contributed by atoms with Crippen LogP contribution < -0.4 is 5.32 Å². The number of anilines is 2. The average Bonchev–Trinajstić information content (AvgIpc) is 2.99. The summed E-state index contributed by atoms with van der Waals surface area (Å²) in [5, 5.41) is 21.5. The molecule has 0 spiro atoms. The van der Waals surface area contributed by atoms with Crippen LogP contribution in [0.15, 0.2) is 22.5 Å². The van der Waals surface area contributed by atoms with Gasteiger partial charge in [0, 0.05) is 5.69 Å². The van der Waals surface area contributed by atoms with Crippen LogP contribution in [0.5, 0.6) is 0 Å². The predicted octanol–water partition coefficient (Wildman–Crippen LogP) is 2.15. The summed E-state index contributed by atoms with van der Waals surface area (Å²) in [4.78, 5) is 0. The van der Waals surface area contributed by atoms with Gasteiger partial charge in [0.25, 0.3) is 0 Å². The lowest BCUT2D eigenvalue weighted by atomic mass is 10.1. The molecule has 1 aromatic heterocycles. The molecule has 3 rings (SSSR count). The van der Waals surface area contributed by atoms with Crippen molar-refractivity contribution in [2.75, 3.05) is 16.8 Å². The van der Waals surface area contributed by atoms with Crippen molar-refractivity contribution in [3.8, 4) is 0 Å². The summed E-state index contributed by atoms with van der Waals surface area (Å²) in [7, 11) is -3.15. The van der Waals surface area contributed by atoms with E-state index in [1.54, 1.807) is 0 Å². The minimum Gasteiger partial charge on any atom is -0.391 e. The van der Waals surface area contributed by atoms with Crippen molar-refractivity contribution in [3.63, 3.8) is 0 Å². The lowest BCUT2D eigenvalue weighted by Gasteiger charge is -2.09. The van der Waals surface area contributed by atoms with Gasteiger partial charge < -0.3 is 10.4 Å². The number of benzene rings is 1. The maximum absolute atomic E-state index is 11.5. The van der Waals surface area contributed by atoms with E-state index >= 15 is 0 Å². The number of aliphatic hydroxyl groups is 1. The molecular formula is C14H17N3O3S3. The Labute approximate surface area is 143 Å². The van der Waals surface area contributed by atoms with E-state index in [4.69, 9.17) is 0 Å². The third-order valence-corrected chi connectivity index (χ3v) is 7.94. The SMILES string of the molecule is Cc1cccc(Nc2nnc(S[C@H]3CS(=O)(=O)C[C@@H]3O)s2)c1C. The number of nitrogens with zero attached hydrogens (tertiary/aromatic N) is 2. The Bertz CT molecular complexity index is 820. The maximum Gasteiger partial charge on any atom is 0.210 e. The molecule has 2 aromatic rings. The lowest BCUT2D eigenvalue weighted by Crippen LogP contribution is -2.19. The first-order chi connectivity index (χ1) is 10.8. The average molecular weight is 372 g/mol. The van der Waals surface area contributed by atoms with Crippen LogP contribution >= 0.6 is 23.1 Å². The van der Waals surface area contributed by atoms with Gasteiger partial charge in [-0.25, -0.2) is 8.42 Å². The van der Waals surface area contributed by atoms with E-state index in [-0.39, 0.29) is 16.8 Å². The molecule has 23 heavy (non-hydrogen) atoms. The molecule has 0 amide bonds. The highest BCUT2D eigenvalue weighted by molar-refractivity contribution is 8.03. The maximum atomic E-state index is 11.5. The first-order valence-electron chi connectivity index (χ1n) is 7.06. The van der Waals surface area contributed by atoms with Crippen LogP contribution in [0.25, 0.3) is 0 Å². The van der Waals surface area contributed by atoms with Crippen molar-refractivity contribution in [1.82, 2.24) is 10.2 Å². The van der Waals surface area contributed by atoms with Gasteiger partial charge in [-0.15, -0.1) is 10.2 Å². The lowest BCUT2D eigenvalue weighted by molar-refractivity contribution is 0.207. The van der Waals surface area contributed by atoms with E-state index in [1.807, 2.05) is 32.0 Å². The Hall–Kier alpha value is -1.16. The molecule has 124 valence electrons. The molecule has 1 fully saturated rings. The number of thioether (sulfide) groups is 1. The second kappa shape index (κ2) is 6.39.